The van der Waals surface area contributed by atoms with Crippen LogP contribution >= 0.6 is 0 Å². The van der Waals surface area contributed by atoms with Gasteiger partial charge < -0.3 is 9.84 Å². The number of carboxylic acid groups (broad SMARTS) is 1. The van der Waals surface area contributed by atoms with E-state index >= 15 is 0 Å². The van der Waals surface area contributed by atoms with Crippen molar-refractivity contribution in [3.63, 3.8) is 0 Å². The van der Waals surface area contributed by atoms with Gasteiger partial charge in [0.1, 0.15) is 0 Å². The van der Waals surface area contributed by atoms with Crippen LogP contribution in [-0.4, -0.2) is 24.8 Å². The molecular formula is C18H30O3. The Labute approximate surface area is 129 Å². The first-order valence-corrected chi connectivity index (χ1v) is 7.93. The van der Waals surface area contributed by atoms with E-state index in [4.69, 9.17) is 4.74 Å². The lowest BCUT2D eigenvalue weighted by Gasteiger charge is -2.39. The van der Waals surface area contributed by atoms with Crippen LogP contribution in [0.4, 0.5) is 0 Å². The minimum Gasteiger partial charge on any atom is -0.481 e. The third-order valence-electron chi connectivity index (χ3n) is 4.49. The van der Waals surface area contributed by atoms with Crippen LogP contribution < -0.4 is 0 Å². The minimum absolute atomic E-state index is 0.0332. The quantitative estimate of drug-likeness (QED) is 0.719. The third-order valence-corrected chi connectivity index (χ3v) is 4.49. The summed E-state index contributed by atoms with van der Waals surface area (Å²) in [5.74, 6) is -0.0523. The van der Waals surface area contributed by atoms with E-state index in [0.29, 0.717) is 18.9 Å². The van der Waals surface area contributed by atoms with Gasteiger partial charge in [-0.2, -0.15) is 0 Å². The summed E-state index contributed by atoms with van der Waals surface area (Å²) < 4.78 is 5.19. The summed E-state index contributed by atoms with van der Waals surface area (Å²) in [5, 5.41) is 9.95. The van der Waals surface area contributed by atoms with Crippen LogP contribution in [-0.2, 0) is 9.53 Å². The van der Waals surface area contributed by atoms with E-state index in [9.17, 15) is 9.90 Å². The molecule has 0 aromatic carbocycles. The van der Waals surface area contributed by atoms with Crippen molar-refractivity contribution in [3.8, 4) is 0 Å². The highest BCUT2D eigenvalue weighted by molar-refractivity contribution is 5.79. The highest BCUT2D eigenvalue weighted by Crippen LogP contribution is 2.45. The lowest BCUT2D eigenvalue weighted by molar-refractivity contribution is -0.149. The van der Waals surface area contributed by atoms with Crippen molar-refractivity contribution >= 4 is 5.97 Å². The van der Waals surface area contributed by atoms with Gasteiger partial charge in [0.05, 0.1) is 5.41 Å². The van der Waals surface area contributed by atoms with E-state index in [1.54, 1.807) is 7.11 Å². The maximum atomic E-state index is 12.1. The molecule has 2 unspecified atom stereocenters. The van der Waals surface area contributed by atoms with Crippen molar-refractivity contribution in [3.05, 3.63) is 23.3 Å². The molecule has 0 heterocycles. The molecule has 1 rings (SSSR count). The smallest absolute Gasteiger partial charge is 0.314 e. The predicted octanol–water partition coefficient (Wildman–Crippen LogP) is 4.44. The molecule has 0 aromatic heterocycles. The Morgan fingerprint density at radius 1 is 1.43 bits per heavy atom. The second kappa shape index (κ2) is 7.79. The van der Waals surface area contributed by atoms with Crippen LogP contribution in [0.25, 0.3) is 0 Å². The molecule has 21 heavy (non-hydrogen) atoms. The number of ether oxygens (including phenoxy) is 1. The number of rotatable bonds is 8. The molecule has 3 nitrogen and oxygen atoms in total. The molecule has 0 amide bonds. The van der Waals surface area contributed by atoms with Gasteiger partial charge in [-0.05, 0) is 32.6 Å². The average Bonchev–Trinajstić information content (AvgIpc) is 2.36. The maximum absolute atomic E-state index is 12.1. The molecule has 0 radical (unpaired) electrons. The lowest BCUT2D eigenvalue weighted by atomic mass is 9.64. The molecule has 1 aliphatic rings. The molecule has 0 spiro atoms. The van der Waals surface area contributed by atoms with Crippen LogP contribution in [0.2, 0.25) is 0 Å². The molecule has 0 bridgehead atoms. The van der Waals surface area contributed by atoms with Crippen LogP contribution in [0.1, 0.15) is 53.4 Å². The number of carbonyl (C=O) groups is 1. The fraction of sp³-hybridized carbons (Fsp3) is 0.722. The second-order valence-electron chi connectivity index (χ2n) is 6.74. The van der Waals surface area contributed by atoms with Gasteiger partial charge in [0, 0.05) is 19.6 Å². The second-order valence-corrected chi connectivity index (χ2v) is 6.74. The molecule has 0 fully saturated rings. The highest BCUT2D eigenvalue weighted by Gasteiger charge is 2.45. The minimum atomic E-state index is -0.768. The van der Waals surface area contributed by atoms with Crippen molar-refractivity contribution in [1.29, 1.82) is 0 Å². The van der Waals surface area contributed by atoms with Gasteiger partial charge in [0.25, 0.3) is 0 Å². The van der Waals surface area contributed by atoms with E-state index in [-0.39, 0.29) is 5.92 Å². The predicted molar refractivity (Wildman–Crippen MR) is 86.3 cm³/mol. The number of aliphatic carboxylic acids is 1. The Morgan fingerprint density at radius 3 is 2.62 bits per heavy atom. The van der Waals surface area contributed by atoms with Gasteiger partial charge in [-0.3, -0.25) is 4.79 Å². The molecule has 2 atom stereocenters. The monoisotopic (exact) mass is 294 g/mol. The van der Waals surface area contributed by atoms with Crippen LogP contribution in [0.3, 0.4) is 0 Å². The summed E-state index contributed by atoms with van der Waals surface area (Å²) in [6.07, 6.45) is 7.58. The van der Waals surface area contributed by atoms with Crippen molar-refractivity contribution < 1.29 is 14.6 Å². The largest absolute Gasteiger partial charge is 0.481 e. The van der Waals surface area contributed by atoms with E-state index in [1.165, 1.54) is 5.57 Å². The Balaban J connectivity index is 3.04. The summed E-state index contributed by atoms with van der Waals surface area (Å²) in [6, 6.07) is 0. The lowest BCUT2D eigenvalue weighted by Crippen LogP contribution is -2.40. The van der Waals surface area contributed by atoms with E-state index < -0.39 is 11.4 Å². The first kappa shape index (κ1) is 18.0. The number of allylic oxidation sites excluding steroid dienone is 3. The first-order valence-electron chi connectivity index (χ1n) is 7.93. The number of hydrogen-bond acceptors (Lipinski definition) is 2. The van der Waals surface area contributed by atoms with Gasteiger partial charge in [0.15, 0.2) is 0 Å². The Bertz CT molecular complexity index is 420. The topological polar surface area (TPSA) is 46.5 Å². The molecule has 0 saturated carbocycles. The van der Waals surface area contributed by atoms with Gasteiger partial charge in [-0.25, -0.2) is 0 Å². The van der Waals surface area contributed by atoms with Crippen molar-refractivity contribution in [2.75, 3.05) is 13.7 Å². The number of methoxy groups -OCH3 is 1. The summed E-state index contributed by atoms with van der Waals surface area (Å²) >= 11 is 0. The van der Waals surface area contributed by atoms with Gasteiger partial charge in [-0.15, -0.1) is 0 Å². The van der Waals surface area contributed by atoms with Gasteiger partial charge in [-0.1, -0.05) is 50.0 Å². The first-order chi connectivity index (χ1) is 9.83. The molecular weight excluding hydrogens is 264 g/mol. The number of carboxylic acids is 1. The SMILES string of the molecule is COCCC1C(C)=CC(C)=CC1(CCCC(C)C)C(=O)O. The molecule has 1 aliphatic carbocycles. The fourth-order valence-electron chi connectivity index (χ4n) is 3.50. The van der Waals surface area contributed by atoms with Gasteiger partial charge in [0.2, 0.25) is 0 Å². The summed E-state index contributed by atoms with van der Waals surface area (Å²) in [6.45, 7) is 9.01. The summed E-state index contributed by atoms with van der Waals surface area (Å²) in [5.41, 5.74) is 1.46. The van der Waals surface area contributed by atoms with Gasteiger partial charge >= 0.3 is 5.97 Å². The molecule has 0 saturated heterocycles. The normalized spacial score (nSPS) is 25.7. The zero-order valence-electron chi connectivity index (χ0n) is 14.1. The van der Waals surface area contributed by atoms with Crippen LogP contribution in [0.15, 0.2) is 23.3 Å². The Kier molecular flexibility index (Phi) is 6.66. The standard InChI is InChI=1S/C18H30O3/c1-13(2)7-6-9-18(17(19)20)12-14(3)11-15(4)16(18)8-10-21-5/h11-13,16H,6-10H2,1-5H3,(H,19,20). The summed E-state index contributed by atoms with van der Waals surface area (Å²) in [4.78, 5) is 12.1. The Hall–Kier alpha value is -1.09. The zero-order valence-corrected chi connectivity index (χ0v) is 14.1. The van der Waals surface area contributed by atoms with Crippen LogP contribution in [0, 0.1) is 17.3 Å². The van der Waals surface area contributed by atoms with E-state index in [0.717, 1.165) is 24.8 Å². The highest BCUT2D eigenvalue weighted by atomic mass is 16.5. The average molecular weight is 294 g/mol. The molecule has 1 N–H and O–H groups in total. The molecule has 120 valence electrons. The zero-order chi connectivity index (χ0) is 16.0. The molecule has 3 heteroatoms. The van der Waals surface area contributed by atoms with Crippen molar-refractivity contribution in [2.24, 2.45) is 17.3 Å². The Morgan fingerprint density at radius 2 is 2.10 bits per heavy atom. The molecule has 0 aliphatic heterocycles. The van der Waals surface area contributed by atoms with Crippen LogP contribution in [0.5, 0.6) is 0 Å². The van der Waals surface area contributed by atoms with Crippen molar-refractivity contribution in [1.82, 2.24) is 0 Å². The van der Waals surface area contributed by atoms with E-state index in [2.05, 4.69) is 26.8 Å². The summed E-state index contributed by atoms with van der Waals surface area (Å²) in [7, 11) is 1.67. The maximum Gasteiger partial charge on any atom is 0.314 e. The van der Waals surface area contributed by atoms with E-state index in [1.807, 2.05) is 13.0 Å². The fourth-order valence-corrected chi connectivity index (χ4v) is 3.50. The van der Waals surface area contributed by atoms with Crippen molar-refractivity contribution in [2.45, 2.75) is 53.4 Å². The third kappa shape index (κ3) is 4.44. The molecule has 0 aromatic rings. The number of hydrogen-bond donors (Lipinski definition) is 1.